The second kappa shape index (κ2) is 6.85. The molecular weight excluding hydrogens is 262 g/mol. The van der Waals surface area contributed by atoms with Gasteiger partial charge in [0.1, 0.15) is 0 Å². The number of nitrogens with one attached hydrogen (secondary N) is 1. The molecule has 0 fully saturated rings. The van der Waals surface area contributed by atoms with E-state index in [0.717, 1.165) is 0 Å². The zero-order chi connectivity index (χ0) is 15.3. The van der Waals surface area contributed by atoms with Crippen molar-refractivity contribution >= 4 is 17.3 Å². The molecule has 1 rings (SSSR count). The minimum atomic E-state index is -0.540. The van der Waals surface area contributed by atoms with Gasteiger partial charge < -0.3 is 15.3 Å². The Morgan fingerprint density at radius 2 is 2.20 bits per heavy atom. The smallest absolute Gasteiger partial charge is 0.270 e. The summed E-state index contributed by atoms with van der Waals surface area (Å²) in [7, 11) is 1.55. The third-order valence-electron chi connectivity index (χ3n) is 3.06. The Morgan fingerprint density at radius 1 is 1.55 bits per heavy atom. The van der Waals surface area contributed by atoms with Crippen LogP contribution >= 0.6 is 0 Å². The first kappa shape index (κ1) is 15.9. The van der Waals surface area contributed by atoms with Crippen molar-refractivity contribution in [2.45, 2.75) is 19.9 Å². The number of nitro groups is 1. The molecule has 110 valence electrons. The largest absolute Gasteiger partial charge is 0.394 e. The monoisotopic (exact) mass is 281 g/mol. The standard InChI is InChI=1S/C13H19N3O4/c1-4-14-12-6-5-10(16(19)20)7-11(12)13(18)15(3)9(2)8-17/h5-7,9,14,17H,4,8H2,1-3H3. The van der Waals surface area contributed by atoms with E-state index in [2.05, 4.69) is 5.32 Å². The molecule has 0 radical (unpaired) electrons. The maximum absolute atomic E-state index is 12.4. The first-order valence-corrected chi connectivity index (χ1v) is 6.32. The van der Waals surface area contributed by atoms with Crippen molar-refractivity contribution in [2.24, 2.45) is 0 Å². The molecule has 0 bridgehead atoms. The quantitative estimate of drug-likeness (QED) is 0.608. The van der Waals surface area contributed by atoms with Crippen LogP contribution < -0.4 is 5.32 Å². The molecule has 0 saturated carbocycles. The van der Waals surface area contributed by atoms with Gasteiger partial charge in [0.15, 0.2) is 0 Å². The van der Waals surface area contributed by atoms with Crippen LogP contribution in [0.3, 0.4) is 0 Å². The molecule has 0 heterocycles. The fraction of sp³-hybridized carbons (Fsp3) is 0.462. The van der Waals surface area contributed by atoms with E-state index >= 15 is 0 Å². The van der Waals surface area contributed by atoms with E-state index in [0.29, 0.717) is 12.2 Å². The number of amides is 1. The third kappa shape index (κ3) is 3.45. The highest BCUT2D eigenvalue weighted by Gasteiger charge is 2.22. The summed E-state index contributed by atoms with van der Waals surface area (Å²) in [5.41, 5.74) is 0.629. The molecule has 1 atom stereocenters. The zero-order valence-electron chi connectivity index (χ0n) is 11.8. The van der Waals surface area contributed by atoms with Gasteiger partial charge in [0.05, 0.1) is 23.1 Å². The molecule has 0 aliphatic carbocycles. The lowest BCUT2D eigenvalue weighted by Crippen LogP contribution is -2.37. The summed E-state index contributed by atoms with van der Waals surface area (Å²) in [4.78, 5) is 24.0. The lowest BCUT2D eigenvalue weighted by atomic mass is 10.1. The molecule has 0 aromatic heterocycles. The molecule has 1 aromatic rings. The zero-order valence-corrected chi connectivity index (χ0v) is 11.8. The number of aliphatic hydroxyl groups is 1. The molecule has 7 nitrogen and oxygen atoms in total. The van der Waals surface area contributed by atoms with Gasteiger partial charge >= 0.3 is 0 Å². The molecule has 20 heavy (non-hydrogen) atoms. The third-order valence-corrected chi connectivity index (χ3v) is 3.06. The van der Waals surface area contributed by atoms with Gasteiger partial charge in [-0.1, -0.05) is 0 Å². The molecule has 0 saturated heterocycles. The summed E-state index contributed by atoms with van der Waals surface area (Å²) >= 11 is 0. The number of non-ortho nitro benzene ring substituents is 1. The molecule has 0 aliphatic rings. The summed E-state index contributed by atoms with van der Waals surface area (Å²) in [6.45, 7) is 3.99. The topological polar surface area (TPSA) is 95.7 Å². The lowest BCUT2D eigenvalue weighted by Gasteiger charge is -2.24. The minimum absolute atomic E-state index is 0.139. The fourth-order valence-electron chi connectivity index (χ4n) is 1.68. The first-order chi connectivity index (χ1) is 9.42. The number of anilines is 1. The van der Waals surface area contributed by atoms with Crippen LogP contribution in [-0.4, -0.2) is 47.1 Å². The summed E-state index contributed by atoms with van der Waals surface area (Å²) in [5, 5.41) is 22.9. The SMILES string of the molecule is CCNc1ccc([N+](=O)[O-])cc1C(=O)N(C)C(C)CO. The maximum atomic E-state index is 12.4. The van der Waals surface area contributed by atoms with Crippen LogP contribution in [0.1, 0.15) is 24.2 Å². The summed E-state index contributed by atoms with van der Waals surface area (Å²) in [6.07, 6.45) is 0. The Hall–Kier alpha value is -2.15. The number of nitrogens with zero attached hydrogens (tertiary/aromatic N) is 2. The number of hydrogen-bond acceptors (Lipinski definition) is 5. The van der Waals surface area contributed by atoms with Crippen molar-refractivity contribution in [3.63, 3.8) is 0 Å². The number of hydrogen-bond donors (Lipinski definition) is 2. The van der Waals surface area contributed by atoms with Gasteiger partial charge in [-0.15, -0.1) is 0 Å². The minimum Gasteiger partial charge on any atom is -0.394 e. The molecule has 1 unspecified atom stereocenters. The van der Waals surface area contributed by atoms with Crippen LogP contribution in [0.25, 0.3) is 0 Å². The maximum Gasteiger partial charge on any atom is 0.270 e. The predicted molar refractivity (Wildman–Crippen MR) is 75.9 cm³/mol. The highest BCUT2D eigenvalue weighted by atomic mass is 16.6. The second-order valence-corrected chi connectivity index (χ2v) is 4.46. The van der Waals surface area contributed by atoms with E-state index in [1.54, 1.807) is 14.0 Å². The number of nitro benzene ring substituents is 1. The van der Waals surface area contributed by atoms with Crippen LogP contribution in [0.5, 0.6) is 0 Å². The average molecular weight is 281 g/mol. The molecule has 7 heteroatoms. The summed E-state index contributed by atoms with van der Waals surface area (Å²) in [5.74, 6) is -0.369. The van der Waals surface area contributed by atoms with Crippen molar-refractivity contribution < 1.29 is 14.8 Å². The van der Waals surface area contributed by atoms with Gasteiger partial charge in [-0.05, 0) is 19.9 Å². The Balaban J connectivity index is 3.21. The number of aliphatic hydroxyl groups excluding tert-OH is 1. The lowest BCUT2D eigenvalue weighted by molar-refractivity contribution is -0.384. The normalized spacial score (nSPS) is 11.8. The number of rotatable bonds is 6. The van der Waals surface area contributed by atoms with Crippen LogP contribution in [-0.2, 0) is 0 Å². The number of carbonyl (C=O) groups excluding carboxylic acids is 1. The van der Waals surface area contributed by atoms with Crippen molar-refractivity contribution in [3.8, 4) is 0 Å². The molecule has 0 aliphatic heterocycles. The Kier molecular flexibility index (Phi) is 5.45. The summed E-state index contributed by atoms with van der Waals surface area (Å²) < 4.78 is 0. The predicted octanol–water partition coefficient (Wildman–Crippen LogP) is 1.48. The van der Waals surface area contributed by atoms with Crippen LogP contribution in [0.15, 0.2) is 18.2 Å². The highest BCUT2D eigenvalue weighted by Crippen LogP contribution is 2.23. The summed E-state index contributed by atoms with van der Waals surface area (Å²) in [6, 6.07) is 3.76. The molecular formula is C13H19N3O4. The van der Waals surface area contributed by atoms with Gasteiger partial charge in [-0.25, -0.2) is 0 Å². The van der Waals surface area contributed by atoms with Crippen LogP contribution in [0.2, 0.25) is 0 Å². The Bertz CT molecular complexity index is 504. The van der Waals surface area contributed by atoms with E-state index in [1.165, 1.54) is 23.1 Å². The first-order valence-electron chi connectivity index (χ1n) is 6.32. The fourth-order valence-corrected chi connectivity index (χ4v) is 1.68. The van der Waals surface area contributed by atoms with Crippen LogP contribution in [0.4, 0.5) is 11.4 Å². The van der Waals surface area contributed by atoms with Gasteiger partial charge in [0.2, 0.25) is 0 Å². The van der Waals surface area contributed by atoms with E-state index in [1.807, 2.05) is 6.92 Å². The van der Waals surface area contributed by atoms with E-state index in [-0.39, 0.29) is 29.8 Å². The van der Waals surface area contributed by atoms with E-state index < -0.39 is 4.92 Å². The van der Waals surface area contributed by atoms with Gasteiger partial charge in [-0.3, -0.25) is 14.9 Å². The average Bonchev–Trinajstić information content (AvgIpc) is 2.45. The number of benzene rings is 1. The van der Waals surface area contributed by atoms with Gasteiger partial charge in [-0.2, -0.15) is 0 Å². The van der Waals surface area contributed by atoms with Crippen molar-refractivity contribution in [3.05, 3.63) is 33.9 Å². The molecule has 1 amide bonds. The van der Waals surface area contributed by atoms with Gasteiger partial charge in [0, 0.05) is 31.4 Å². The highest BCUT2D eigenvalue weighted by molar-refractivity contribution is 6.00. The Labute approximate surface area is 117 Å². The van der Waals surface area contributed by atoms with E-state index in [4.69, 9.17) is 5.11 Å². The second-order valence-electron chi connectivity index (χ2n) is 4.46. The molecule has 2 N–H and O–H groups in total. The van der Waals surface area contributed by atoms with Crippen molar-refractivity contribution in [2.75, 3.05) is 25.5 Å². The Morgan fingerprint density at radius 3 is 2.70 bits per heavy atom. The molecule has 1 aromatic carbocycles. The number of carbonyl (C=O) groups is 1. The van der Waals surface area contributed by atoms with Crippen molar-refractivity contribution in [1.29, 1.82) is 0 Å². The van der Waals surface area contributed by atoms with Crippen molar-refractivity contribution in [1.82, 2.24) is 4.90 Å². The molecule has 0 spiro atoms. The van der Waals surface area contributed by atoms with Gasteiger partial charge in [0.25, 0.3) is 11.6 Å². The van der Waals surface area contributed by atoms with Crippen LogP contribution in [0, 0.1) is 10.1 Å². The number of likely N-dealkylation sites (N-methyl/N-ethyl adjacent to an activating group) is 1. The van der Waals surface area contributed by atoms with E-state index in [9.17, 15) is 14.9 Å².